The molecule has 1 aliphatic rings. The number of aliphatic hydroxyl groups is 2. The third-order valence-electron chi connectivity index (χ3n) is 4.56. The van der Waals surface area contributed by atoms with Crippen LogP contribution >= 0.6 is 0 Å². The van der Waals surface area contributed by atoms with Gasteiger partial charge in [0, 0.05) is 29.2 Å². The first-order chi connectivity index (χ1) is 10.7. The molecule has 1 fully saturated rings. The monoisotopic (exact) mass is 304 g/mol. The number of aliphatic hydroxyl groups excluding tert-OH is 2. The van der Waals surface area contributed by atoms with E-state index in [9.17, 15) is 10.2 Å². The lowest BCUT2D eigenvalue weighted by Crippen LogP contribution is -2.49. The topological polar surface area (TPSA) is 77.5 Å². The zero-order valence-electron chi connectivity index (χ0n) is 12.7. The van der Waals surface area contributed by atoms with Crippen LogP contribution in [0.1, 0.15) is 25.7 Å². The third kappa shape index (κ3) is 3.27. The van der Waals surface area contributed by atoms with E-state index in [-0.39, 0.29) is 18.8 Å². The van der Waals surface area contributed by atoms with Gasteiger partial charge in [-0.05, 0) is 31.0 Å². The zero-order chi connectivity index (χ0) is 15.4. The van der Waals surface area contributed by atoms with Crippen molar-refractivity contribution in [3.8, 4) is 5.75 Å². The number of aromatic nitrogens is 1. The number of benzene rings is 1. The SMILES string of the molecule is OCC1(NCC(O)COc2cccc3[nH]ccc23)CCCC1. The number of ether oxygens (including phenoxy) is 1. The molecule has 1 aromatic heterocycles. The Morgan fingerprint density at radius 2 is 2.09 bits per heavy atom. The molecule has 1 heterocycles. The molecule has 0 aliphatic heterocycles. The Kier molecular flexibility index (Phi) is 4.66. The van der Waals surface area contributed by atoms with E-state index >= 15 is 0 Å². The van der Waals surface area contributed by atoms with Crippen LogP contribution in [0.25, 0.3) is 10.9 Å². The van der Waals surface area contributed by atoms with Crippen LogP contribution in [0.5, 0.6) is 5.75 Å². The standard InChI is InChI=1S/C17H24N2O3/c20-12-17(7-1-2-8-17)19-10-13(21)11-22-16-5-3-4-15-14(16)6-9-18-15/h3-6,9,13,18-21H,1-2,7-8,10-12H2. The van der Waals surface area contributed by atoms with Gasteiger partial charge in [-0.15, -0.1) is 0 Å². The molecule has 0 radical (unpaired) electrons. The highest BCUT2D eigenvalue weighted by molar-refractivity contribution is 5.85. The molecule has 5 heteroatoms. The Hall–Kier alpha value is -1.56. The summed E-state index contributed by atoms with van der Waals surface area (Å²) < 4.78 is 5.75. The second-order valence-corrected chi connectivity index (χ2v) is 6.19. The van der Waals surface area contributed by atoms with Crippen molar-refractivity contribution in [2.45, 2.75) is 37.3 Å². The highest BCUT2D eigenvalue weighted by atomic mass is 16.5. The average molecular weight is 304 g/mol. The van der Waals surface area contributed by atoms with Crippen LogP contribution in [0.3, 0.4) is 0 Å². The van der Waals surface area contributed by atoms with E-state index in [0.717, 1.165) is 42.3 Å². The van der Waals surface area contributed by atoms with Gasteiger partial charge in [0.15, 0.2) is 0 Å². The van der Waals surface area contributed by atoms with Gasteiger partial charge in [0.05, 0.1) is 6.61 Å². The third-order valence-corrected chi connectivity index (χ3v) is 4.56. The van der Waals surface area contributed by atoms with E-state index in [1.165, 1.54) is 0 Å². The molecule has 22 heavy (non-hydrogen) atoms. The van der Waals surface area contributed by atoms with Gasteiger partial charge in [-0.25, -0.2) is 0 Å². The summed E-state index contributed by atoms with van der Waals surface area (Å²) in [7, 11) is 0. The number of hydrogen-bond donors (Lipinski definition) is 4. The summed E-state index contributed by atoms with van der Waals surface area (Å²) in [5.41, 5.74) is 0.817. The predicted octanol–water partition coefficient (Wildman–Crippen LogP) is 1.80. The predicted molar refractivity (Wildman–Crippen MR) is 86.1 cm³/mol. The van der Waals surface area contributed by atoms with Gasteiger partial charge in [-0.1, -0.05) is 18.9 Å². The molecule has 0 bridgehead atoms. The lowest BCUT2D eigenvalue weighted by Gasteiger charge is -2.29. The Morgan fingerprint density at radius 3 is 2.86 bits per heavy atom. The first-order valence-corrected chi connectivity index (χ1v) is 7.95. The van der Waals surface area contributed by atoms with E-state index < -0.39 is 6.10 Å². The molecule has 1 atom stereocenters. The van der Waals surface area contributed by atoms with Gasteiger partial charge >= 0.3 is 0 Å². The largest absolute Gasteiger partial charge is 0.490 e. The van der Waals surface area contributed by atoms with Gasteiger partial charge in [0.25, 0.3) is 0 Å². The molecule has 2 aromatic rings. The minimum absolute atomic E-state index is 0.128. The van der Waals surface area contributed by atoms with E-state index in [2.05, 4.69) is 10.3 Å². The van der Waals surface area contributed by atoms with Crippen molar-refractivity contribution in [1.29, 1.82) is 0 Å². The summed E-state index contributed by atoms with van der Waals surface area (Å²) in [6, 6.07) is 7.79. The highest BCUT2D eigenvalue weighted by Gasteiger charge is 2.32. The fraction of sp³-hybridized carbons (Fsp3) is 0.529. The summed E-state index contributed by atoms with van der Waals surface area (Å²) in [6.07, 6.45) is 5.49. The fourth-order valence-electron chi connectivity index (χ4n) is 3.20. The minimum Gasteiger partial charge on any atom is -0.490 e. The molecule has 0 spiro atoms. The molecular weight excluding hydrogens is 280 g/mol. The normalized spacial score (nSPS) is 18.6. The van der Waals surface area contributed by atoms with Crippen molar-refractivity contribution in [3.63, 3.8) is 0 Å². The molecule has 5 nitrogen and oxygen atoms in total. The van der Waals surface area contributed by atoms with Gasteiger partial charge in [0.1, 0.15) is 18.5 Å². The van der Waals surface area contributed by atoms with Crippen LogP contribution < -0.4 is 10.1 Å². The van der Waals surface area contributed by atoms with Crippen LogP contribution in [-0.4, -0.2) is 46.6 Å². The van der Waals surface area contributed by atoms with E-state index in [4.69, 9.17) is 4.74 Å². The number of nitrogens with one attached hydrogen (secondary N) is 2. The smallest absolute Gasteiger partial charge is 0.128 e. The van der Waals surface area contributed by atoms with Crippen LogP contribution in [0.15, 0.2) is 30.5 Å². The van der Waals surface area contributed by atoms with Crippen molar-refractivity contribution in [2.75, 3.05) is 19.8 Å². The maximum absolute atomic E-state index is 10.1. The number of H-pyrrole nitrogens is 1. The molecule has 1 aliphatic carbocycles. The molecule has 120 valence electrons. The van der Waals surface area contributed by atoms with Crippen LogP contribution in [0.2, 0.25) is 0 Å². The highest BCUT2D eigenvalue weighted by Crippen LogP contribution is 2.29. The molecule has 1 unspecified atom stereocenters. The lowest BCUT2D eigenvalue weighted by molar-refractivity contribution is 0.0855. The second-order valence-electron chi connectivity index (χ2n) is 6.19. The van der Waals surface area contributed by atoms with Crippen LogP contribution in [0.4, 0.5) is 0 Å². The maximum Gasteiger partial charge on any atom is 0.128 e. The molecule has 0 saturated heterocycles. The van der Waals surface area contributed by atoms with Crippen molar-refractivity contribution in [1.82, 2.24) is 10.3 Å². The van der Waals surface area contributed by atoms with Crippen molar-refractivity contribution in [2.24, 2.45) is 0 Å². The van der Waals surface area contributed by atoms with E-state index in [1.807, 2.05) is 30.5 Å². The summed E-state index contributed by atoms with van der Waals surface area (Å²) in [4.78, 5) is 3.14. The molecule has 1 saturated carbocycles. The quantitative estimate of drug-likeness (QED) is 0.629. The summed E-state index contributed by atoms with van der Waals surface area (Å²) in [6.45, 7) is 0.797. The van der Waals surface area contributed by atoms with Gasteiger partial charge in [0.2, 0.25) is 0 Å². The molecule has 4 N–H and O–H groups in total. The molecule has 0 amide bonds. The summed E-state index contributed by atoms with van der Waals surface area (Å²) in [5, 5.41) is 24.0. The Balaban J connectivity index is 1.52. The Labute approximate surface area is 130 Å². The Bertz CT molecular complexity index is 605. The van der Waals surface area contributed by atoms with Crippen molar-refractivity contribution in [3.05, 3.63) is 30.5 Å². The molecule has 1 aromatic carbocycles. The minimum atomic E-state index is -0.599. The number of aromatic amines is 1. The molecule has 3 rings (SSSR count). The number of rotatable bonds is 7. The zero-order valence-corrected chi connectivity index (χ0v) is 12.7. The number of hydrogen-bond acceptors (Lipinski definition) is 4. The average Bonchev–Trinajstić information content (AvgIpc) is 3.20. The van der Waals surface area contributed by atoms with Crippen LogP contribution in [-0.2, 0) is 0 Å². The fourth-order valence-corrected chi connectivity index (χ4v) is 3.20. The van der Waals surface area contributed by atoms with Crippen LogP contribution in [0, 0.1) is 0 Å². The van der Waals surface area contributed by atoms with Gasteiger partial charge in [-0.2, -0.15) is 0 Å². The van der Waals surface area contributed by atoms with Gasteiger partial charge < -0.3 is 25.3 Å². The number of fused-ring (bicyclic) bond motifs is 1. The Morgan fingerprint density at radius 1 is 1.27 bits per heavy atom. The maximum atomic E-state index is 10.1. The second kappa shape index (κ2) is 6.69. The van der Waals surface area contributed by atoms with E-state index in [0.29, 0.717) is 6.54 Å². The van der Waals surface area contributed by atoms with Crippen molar-refractivity contribution < 1.29 is 14.9 Å². The first-order valence-electron chi connectivity index (χ1n) is 7.95. The van der Waals surface area contributed by atoms with Crippen molar-refractivity contribution >= 4 is 10.9 Å². The lowest BCUT2D eigenvalue weighted by atomic mass is 9.99. The summed E-state index contributed by atoms with van der Waals surface area (Å²) >= 11 is 0. The number of β-amino-alcohol motifs (C(OH)–C–C–N with tert-alkyl or cyclic N) is 1. The summed E-state index contributed by atoms with van der Waals surface area (Å²) in [5.74, 6) is 0.774. The first kappa shape index (κ1) is 15.3. The molecular formula is C17H24N2O3. The van der Waals surface area contributed by atoms with Gasteiger partial charge in [-0.3, -0.25) is 0 Å². The van der Waals surface area contributed by atoms with E-state index in [1.54, 1.807) is 0 Å².